The van der Waals surface area contributed by atoms with Gasteiger partial charge in [0.1, 0.15) is 5.82 Å². The van der Waals surface area contributed by atoms with E-state index in [1.54, 1.807) is 13.2 Å². The Morgan fingerprint density at radius 2 is 2.30 bits per heavy atom. The number of halogens is 1. The minimum atomic E-state index is -0.478. The van der Waals surface area contributed by atoms with Crippen LogP contribution in [0.3, 0.4) is 0 Å². The Kier molecular flexibility index (Phi) is 6.71. The lowest BCUT2D eigenvalue weighted by molar-refractivity contribution is -0.116. The monoisotopic (exact) mass is 278 g/mol. The molecular formula is C15H19FN2O2. The maximum atomic E-state index is 13.7. The predicted octanol–water partition coefficient (Wildman–Crippen LogP) is 1.89. The normalized spacial score (nSPS) is 11.4. The number of benzene rings is 1. The molecule has 0 aliphatic carbocycles. The summed E-state index contributed by atoms with van der Waals surface area (Å²) in [6, 6.07) is 4.38. The van der Waals surface area contributed by atoms with Crippen molar-refractivity contribution < 1.29 is 13.9 Å². The van der Waals surface area contributed by atoms with Gasteiger partial charge in [0.2, 0.25) is 5.91 Å². The molecule has 1 aromatic carbocycles. The predicted molar refractivity (Wildman–Crippen MR) is 76.7 cm³/mol. The number of amides is 1. The first kappa shape index (κ1) is 16.2. The molecule has 1 amide bonds. The lowest BCUT2D eigenvalue weighted by atomic mass is 10.1. The van der Waals surface area contributed by atoms with E-state index in [1.807, 2.05) is 6.92 Å². The van der Waals surface area contributed by atoms with Crippen LogP contribution >= 0.6 is 0 Å². The van der Waals surface area contributed by atoms with Gasteiger partial charge in [0, 0.05) is 19.2 Å². The highest BCUT2D eigenvalue weighted by molar-refractivity contribution is 5.90. The van der Waals surface area contributed by atoms with Crippen molar-refractivity contribution in [2.45, 2.75) is 25.9 Å². The Bertz CT molecular complexity index is 520. The fraction of sp³-hybridized carbons (Fsp3) is 0.400. The van der Waals surface area contributed by atoms with Gasteiger partial charge in [0.05, 0.1) is 18.2 Å². The van der Waals surface area contributed by atoms with E-state index in [0.29, 0.717) is 18.5 Å². The van der Waals surface area contributed by atoms with E-state index in [0.717, 1.165) is 0 Å². The molecule has 0 bridgehead atoms. The minimum Gasteiger partial charge on any atom is -0.382 e. The highest BCUT2D eigenvalue weighted by Gasteiger charge is 2.07. The molecule has 0 heterocycles. The van der Waals surface area contributed by atoms with Crippen LogP contribution in [0.1, 0.15) is 25.3 Å². The highest BCUT2D eigenvalue weighted by atomic mass is 19.1. The molecule has 1 unspecified atom stereocenters. The second-order valence-corrected chi connectivity index (χ2v) is 4.33. The molecule has 108 valence electrons. The van der Waals surface area contributed by atoms with Crippen LogP contribution in [0, 0.1) is 17.7 Å². The van der Waals surface area contributed by atoms with Crippen molar-refractivity contribution in [3.63, 3.8) is 0 Å². The van der Waals surface area contributed by atoms with Gasteiger partial charge in [0.25, 0.3) is 0 Å². The van der Waals surface area contributed by atoms with Gasteiger partial charge >= 0.3 is 0 Å². The van der Waals surface area contributed by atoms with E-state index < -0.39 is 5.82 Å². The number of nitrogens with two attached hydrogens (primary N) is 1. The van der Waals surface area contributed by atoms with E-state index in [-0.39, 0.29) is 24.1 Å². The van der Waals surface area contributed by atoms with Gasteiger partial charge in [-0.3, -0.25) is 4.79 Å². The van der Waals surface area contributed by atoms with Crippen molar-refractivity contribution in [2.24, 2.45) is 5.73 Å². The topological polar surface area (TPSA) is 64.3 Å². The number of hydrogen-bond donors (Lipinski definition) is 2. The van der Waals surface area contributed by atoms with Gasteiger partial charge in [-0.2, -0.15) is 0 Å². The van der Waals surface area contributed by atoms with E-state index in [2.05, 4.69) is 17.2 Å². The third-order valence-corrected chi connectivity index (χ3v) is 2.76. The summed E-state index contributed by atoms with van der Waals surface area (Å²) in [5.74, 6) is 4.55. The first-order valence-corrected chi connectivity index (χ1v) is 6.38. The van der Waals surface area contributed by atoms with E-state index in [9.17, 15) is 9.18 Å². The number of carbonyl (C=O) groups excluding carboxylic acids is 1. The van der Waals surface area contributed by atoms with Gasteiger partial charge in [0.15, 0.2) is 0 Å². The minimum absolute atomic E-state index is 0.0198. The summed E-state index contributed by atoms with van der Waals surface area (Å²) in [6.45, 7) is 2.06. The molecule has 0 saturated heterocycles. The van der Waals surface area contributed by atoms with Crippen LogP contribution in [0.5, 0.6) is 0 Å². The first-order valence-electron chi connectivity index (χ1n) is 6.38. The molecule has 20 heavy (non-hydrogen) atoms. The maximum absolute atomic E-state index is 13.7. The Balaban J connectivity index is 2.60. The molecule has 0 aliphatic rings. The zero-order valence-corrected chi connectivity index (χ0v) is 11.7. The lowest BCUT2D eigenvalue weighted by Crippen LogP contribution is -2.15. The van der Waals surface area contributed by atoms with Crippen LogP contribution in [-0.4, -0.2) is 25.7 Å². The Morgan fingerprint density at radius 3 is 2.90 bits per heavy atom. The second kappa shape index (κ2) is 8.31. The highest BCUT2D eigenvalue weighted by Crippen LogP contribution is 2.14. The molecule has 1 atom stereocenters. The number of nitrogens with one attached hydrogen (secondary N) is 1. The zero-order chi connectivity index (χ0) is 15.0. The number of ether oxygens (including phenoxy) is 1. The van der Waals surface area contributed by atoms with Gasteiger partial charge in [-0.25, -0.2) is 4.39 Å². The summed E-state index contributed by atoms with van der Waals surface area (Å²) >= 11 is 0. The first-order chi connectivity index (χ1) is 9.56. The summed E-state index contributed by atoms with van der Waals surface area (Å²) in [6.07, 6.45) is 0.961. The number of carbonyl (C=O) groups is 1. The summed E-state index contributed by atoms with van der Waals surface area (Å²) < 4.78 is 18.7. The molecule has 0 aliphatic heterocycles. The molecule has 1 aromatic rings. The summed E-state index contributed by atoms with van der Waals surface area (Å²) in [4.78, 5) is 11.7. The molecule has 3 N–H and O–H groups in total. The van der Waals surface area contributed by atoms with Crippen LogP contribution in [0.2, 0.25) is 0 Å². The number of hydrogen-bond acceptors (Lipinski definition) is 3. The Morgan fingerprint density at radius 1 is 1.55 bits per heavy atom. The molecule has 0 spiro atoms. The molecule has 4 nitrogen and oxygen atoms in total. The van der Waals surface area contributed by atoms with E-state index >= 15 is 0 Å². The van der Waals surface area contributed by atoms with Crippen molar-refractivity contribution in [1.82, 2.24) is 0 Å². The van der Waals surface area contributed by atoms with Gasteiger partial charge in [-0.15, -0.1) is 0 Å². The molecule has 5 heteroatoms. The lowest BCUT2D eigenvalue weighted by Gasteiger charge is -2.09. The van der Waals surface area contributed by atoms with Crippen molar-refractivity contribution in [2.75, 3.05) is 19.0 Å². The van der Waals surface area contributed by atoms with Gasteiger partial charge in [-0.05, 0) is 31.5 Å². The smallest absolute Gasteiger partial charge is 0.224 e. The van der Waals surface area contributed by atoms with Gasteiger partial charge in [-0.1, -0.05) is 11.8 Å². The van der Waals surface area contributed by atoms with Crippen molar-refractivity contribution in [1.29, 1.82) is 0 Å². The van der Waals surface area contributed by atoms with Crippen molar-refractivity contribution in [3.8, 4) is 11.8 Å². The fourth-order valence-corrected chi connectivity index (χ4v) is 1.52. The Hall–Kier alpha value is -1.90. The molecule has 0 saturated carbocycles. The number of anilines is 1. The molecule has 0 fully saturated rings. The molecule has 0 radical (unpaired) electrons. The standard InChI is InChI=1S/C15H19FN2O2/c1-11(20-2)5-8-15(19)18-13-7-6-12(4-3-9-17)14(16)10-13/h6-7,10-11H,5,8-9,17H2,1-2H3,(H,18,19). The maximum Gasteiger partial charge on any atom is 0.224 e. The average Bonchev–Trinajstić information content (AvgIpc) is 2.44. The summed E-state index contributed by atoms with van der Waals surface area (Å²) in [5, 5.41) is 2.64. The number of methoxy groups -OCH3 is 1. The third-order valence-electron chi connectivity index (χ3n) is 2.76. The van der Waals surface area contributed by atoms with Crippen LogP contribution in [-0.2, 0) is 9.53 Å². The Labute approximate surface area is 118 Å². The SMILES string of the molecule is COC(C)CCC(=O)Nc1ccc(C#CCN)c(F)c1. The fourth-order valence-electron chi connectivity index (χ4n) is 1.52. The van der Waals surface area contributed by atoms with E-state index in [1.165, 1.54) is 12.1 Å². The van der Waals surface area contributed by atoms with Crippen molar-refractivity contribution in [3.05, 3.63) is 29.6 Å². The second-order valence-electron chi connectivity index (χ2n) is 4.33. The zero-order valence-electron chi connectivity index (χ0n) is 11.7. The third kappa shape index (κ3) is 5.39. The molecular weight excluding hydrogens is 259 g/mol. The van der Waals surface area contributed by atoms with Crippen molar-refractivity contribution >= 4 is 11.6 Å². The molecule has 1 rings (SSSR count). The van der Waals surface area contributed by atoms with Crippen LogP contribution < -0.4 is 11.1 Å². The van der Waals surface area contributed by atoms with Crippen LogP contribution in [0.15, 0.2) is 18.2 Å². The molecule has 0 aromatic heterocycles. The quantitative estimate of drug-likeness (QED) is 0.808. The summed E-state index contributed by atoms with van der Waals surface area (Å²) in [7, 11) is 1.60. The average molecular weight is 278 g/mol. The van der Waals surface area contributed by atoms with Gasteiger partial charge < -0.3 is 15.8 Å². The number of rotatable bonds is 5. The summed E-state index contributed by atoms with van der Waals surface area (Å²) in [5.41, 5.74) is 5.91. The van der Waals surface area contributed by atoms with Crippen LogP contribution in [0.4, 0.5) is 10.1 Å². The largest absolute Gasteiger partial charge is 0.382 e. The van der Waals surface area contributed by atoms with E-state index in [4.69, 9.17) is 10.5 Å². The van der Waals surface area contributed by atoms with Crippen LogP contribution in [0.25, 0.3) is 0 Å².